The minimum Gasteiger partial charge on any atom is -0.348 e. The van der Waals surface area contributed by atoms with E-state index in [1.54, 1.807) is 27.9 Å². The van der Waals surface area contributed by atoms with E-state index in [1.807, 2.05) is 0 Å². The lowest BCUT2D eigenvalue weighted by Crippen LogP contribution is -2.42. The molecule has 2 aromatic rings. The molecule has 0 aliphatic heterocycles. The molecule has 0 atom stereocenters. The highest BCUT2D eigenvalue weighted by atomic mass is 19.3. The number of aromatic amines is 1. The number of rotatable bonds is 5. The van der Waals surface area contributed by atoms with E-state index in [1.165, 1.54) is 11.0 Å². The number of benzene rings is 1. The molecule has 2 rings (SSSR count). The van der Waals surface area contributed by atoms with Crippen LogP contribution in [0.25, 0.3) is 0 Å². The van der Waals surface area contributed by atoms with Crippen molar-refractivity contribution in [2.75, 3.05) is 19.0 Å². The molecular weight excluding hydrogens is 349 g/mol. The van der Waals surface area contributed by atoms with Crippen molar-refractivity contribution >= 4 is 11.9 Å². The number of carbonyl (C=O) groups is 1. The smallest absolute Gasteiger partial charge is 0.270 e. The Bertz CT molecular complexity index is 879. The highest BCUT2D eigenvalue weighted by Gasteiger charge is 2.26. The maximum Gasteiger partial charge on any atom is 0.270 e. The van der Waals surface area contributed by atoms with Gasteiger partial charge < -0.3 is 10.2 Å². The predicted molar refractivity (Wildman–Crippen MR) is 91.0 cm³/mol. The molecule has 2 N–H and O–H groups in total. The van der Waals surface area contributed by atoms with Gasteiger partial charge >= 0.3 is 0 Å². The third-order valence-electron chi connectivity index (χ3n) is 3.77. The molecule has 0 saturated carbocycles. The predicted octanol–water partition coefficient (Wildman–Crippen LogP) is 2.58. The van der Waals surface area contributed by atoms with Gasteiger partial charge in [0.05, 0.1) is 11.1 Å². The number of hydrogen-bond acceptors (Lipinski definition) is 4. The minimum atomic E-state index is -2.92. The number of carbonyl (C=O) groups excluding carboxylic acids is 1. The van der Waals surface area contributed by atoms with Gasteiger partial charge in [0.1, 0.15) is 11.5 Å². The molecule has 0 fully saturated rings. The van der Waals surface area contributed by atoms with Gasteiger partial charge in [-0.15, -0.1) is 0 Å². The van der Waals surface area contributed by atoms with Crippen molar-refractivity contribution in [3.63, 3.8) is 0 Å². The average Bonchev–Trinajstić information content (AvgIpc) is 2.53. The van der Waals surface area contributed by atoms with Crippen LogP contribution in [0.1, 0.15) is 41.9 Å². The van der Waals surface area contributed by atoms with Crippen LogP contribution >= 0.6 is 0 Å². The lowest BCUT2D eigenvalue weighted by molar-refractivity contribution is 0.0906. The van der Waals surface area contributed by atoms with Crippen molar-refractivity contribution in [3.05, 3.63) is 57.3 Å². The monoisotopic (exact) mass is 368 g/mol. The molecule has 0 aliphatic rings. The summed E-state index contributed by atoms with van der Waals surface area (Å²) in [4.78, 5) is 32.2. The number of H-pyrrole nitrogens is 1. The van der Waals surface area contributed by atoms with E-state index >= 15 is 0 Å². The highest BCUT2D eigenvalue weighted by Crippen LogP contribution is 2.27. The summed E-state index contributed by atoms with van der Waals surface area (Å²) < 4.78 is 39.2. The third kappa shape index (κ3) is 4.22. The Morgan fingerprint density at radius 3 is 2.46 bits per heavy atom. The summed E-state index contributed by atoms with van der Waals surface area (Å²) in [6, 6.07) is 4.30. The van der Waals surface area contributed by atoms with E-state index in [2.05, 4.69) is 15.3 Å². The van der Waals surface area contributed by atoms with E-state index in [0.29, 0.717) is 5.56 Å². The second-order valence-electron chi connectivity index (χ2n) is 6.46. The van der Waals surface area contributed by atoms with Crippen LogP contribution in [-0.2, 0) is 5.54 Å². The fourth-order valence-corrected chi connectivity index (χ4v) is 2.29. The van der Waals surface area contributed by atoms with Crippen molar-refractivity contribution in [3.8, 4) is 0 Å². The number of aromatic nitrogens is 2. The Morgan fingerprint density at radius 2 is 1.92 bits per heavy atom. The van der Waals surface area contributed by atoms with Crippen LogP contribution in [0.2, 0.25) is 0 Å². The van der Waals surface area contributed by atoms with Crippen LogP contribution in [0.4, 0.5) is 19.1 Å². The quantitative estimate of drug-likeness (QED) is 0.850. The third-order valence-corrected chi connectivity index (χ3v) is 3.77. The van der Waals surface area contributed by atoms with E-state index in [0.717, 1.165) is 18.2 Å². The molecule has 26 heavy (non-hydrogen) atoms. The second kappa shape index (κ2) is 7.19. The highest BCUT2D eigenvalue weighted by molar-refractivity contribution is 5.93. The van der Waals surface area contributed by atoms with Crippen LogP contribution in [0.5, 0.6) is 0 Å². The number of anilines is 1. The molecule has 6 nitrogen and oxygen atoms in total. The zero-order valence-electron chi connectivity index (χ0n) is 14.7. The van der Waals surface area contributed by atoms with Crippen LogP contribution in [-0.4, -0.2) is 30.0 Å². The Kier molecular flexibility index (Phi) is 5.38. The Hall–Kier alpha value is -2.84. The largest absolute Gasteiger partial charge is 0.348 e. The number of nitrogens with zero attached hydrogens (tertiary/aromatic N) is 2. The summed E-state index contributed by atoms with van der Waals surface area (Å²) in [6.07, 6.45) is -2.92. The molecule has 1 amide bonds. The van der Waals surface area contributed by atoms with Crippen LogP contribution < -0.4 is 15.8 Å². The molecule has 0 radical (unpaired) electrons. The van der Waals surface area contributed by atoms with Gasteiger partial charge in [0.25, 0.3) is 17.9 Å². The summed E-state index contributed by atoms with van der Waals surface area (Å²) in [5.74, 6) is -1.50. The summed E-state index contributed by atoms with van der Waals surface area (Å²) in [5, 5.41) is 2.63. The lowest BCUT2D eigenvalue weighted by Gasteiger charge is -2.27. The van der Waals surface area contributed by atoms with Gasteiger partial charge in [-0.1, -0.05) is 12.1 Å². The second-order valence-corrected chi connectivity index (χ2v) is 6.46. The zero-order chi connectivity index (χ0) is 19.6. The standard InChI is InChI=1S/C17H19F3N4O2/c1-17(2,9-5-6-10(14(19)20)11(18)7-9)23-15(26)12-8-13(25)22-16(21-12)24(3)4/h5-8,14H,1-4H3,(H,23,26)(H,21,22,25). The SMILES string of the molecule is CN(C)c1nc(C(=O)NC(C)(C)c2ccc(C(F)F)c(F)c2)cc(=O)[nH]1. The molecule has 0 spiro atoms. The van der Waals surface area contributed by atoms with Crippen molar-refractivity contribution in [2.24, 2.45) is 0 Å². The molecule has 0 bridgehead atoms. The molecular formula is C17H19F3N4O2. The lowest BCUT2D eigenvalue weighted by atomic mass is 9.93. The molecule has 140 valence electrons. The van der Waals surface area contributed by atoms with Crippen molar-refractivity contribution in [2.45, 2.75) is 25.8 Å². The number of halogens is 3. The topological polar surface area (TPSA) is 78.1 Å². The van der Waals surface area contributed by atoms with Gasteiger partial charge in [0, 0.05) is 20.2 Å². The summed E-state index contributed by atoms with van der Waals surface area (Å²) in [5.41, 5.74) is -2.11. The molecule has 0 saturated heterocycles. The fraction of sp³-hybridized carbons (Fsp3) is 0.353. The van der Waals surface area contributed by atoms with Crippen LogP contribution in [0.3, 0.4) is 0 Å². The molecule has 1 aromatic heterocycles. The Balaban J connectivity index is 2.30. The molecule has 9 heteroatoms. The maximum absolute atomic E-state index is 13.8. The maximum atomic E-state index is 13.8. The number of amides is 1. The van der Waals surface area contributed by atoms with Gasteiger partial charge in [-0.05, 0) is 25.5 Å². The van der Waals surface area contributed by atoms with Crippen LogP contribution in [0, 0.1) is 5.82 Å². The van der Waals surface area contributed by atoms with E-state index < -0.39 is 34.8 Å². The van der Waals surface area contributed by atoms with Gasteiger partial charge in [0.2, 0.25) is 5.95 Å². The first-order valence-corrected chi connectivity index (χ1v) is 7.70. The average molecular weight is 368 g/mol. The first-order valence-electron chi connectivity index (χ1n) is 7.70. The van der Waals surface area contributed by atoms with Gasteiger partial charge in [-0.3, -0.25) is 14.6 Å². The Labute approximate surface area is 148 Å². The minimum absolute atomic E-state index is 0.116. The van der Waals surface area contributed by atoms with Gasteiger partial charge in [-0.25, -0.2) is 18.2 Å². The molecule has 0 unspecified atom stereocenters. The van der Waals surface area contributed by atoms with Crippen molar-refractivity contribution in [1.82, 2.24) is 15.3 Å². The summed E-state index contributed by atoms with van der Waals surface area (Å²) in [6.45, 7) is 3.17. The first-order chi connectivity index (χ1) is 12.0. The summed E-state index contributed by atoms with van der Waals surface area (Å²) in [7, 11) is 3.30. The van der Waals surface area contributed by atoms with E-state index in [4.69, 9.17) is 0 Å². The summed E-state index contributed by atoms with van der Waals surface area (Å²) >= 11 is 0. The number of nitrogens with one attached hydrogen (secondary N) is 2. The van der Waals surface area contributed by atoms with Gasteiger partial charge in [-0.2, -0.15) is 0 Å². The molecule has 0 aliphatic carbocycles. The van der Waals surface area contributed by atoms with Crippen LogP contribution in [0.15, 0.2) is 29.1 Å². The Morgan fingerprint density at radius 1 is 1.27 bits per heavy atom. The number of hydrogen-bond donors (Lipinski definition) is 2. The fourth-order valence-electron chi connectivity index (χ4n) is 2.29. The zero-order valence-corrected chi connectivity index (χ0v) is 14.7. The van der Waals surface area contributed by atoms with E-state index in [-0.39, 0.29) is 11.6 Å². The molecule has 1 heterocycles. The van der Waals surface area contributed by atoms with Crippen molar-refractivity contribution in [1.29, 1.82) is 0 Å². The first kappa shape index (κ1) is 19.5. The van der Waals surface area contributed by atoms with Gasteiger partial charge in [0.15, 0.2) is 0 Å². The number of alkyl halides is 2. The van der Waals surface area contributed by atoms with E-state index in [9.17, 15) is 22.8 Å². The molecule has 1 aromatic carbocycles. The normalized spacial score (nSPS) is 11.5. The van der Waals surface area contributed by atoms with Crippen molar-refractivity contribution < 1.29 is 18.0 Å².